The molecular weight excluding hydrogens is 332 g/mol. The fourth-order valence-corrected chi connectivity index (χ4v) is 3.56. The SMILES string of the molecule is CC(Oc1ccccc1Br)C(=O)N1CCC2CCC(C1)N2. The van der Waals surface area contributed by atoms with E-state index in [1.165, 1.54) is 12.8 Å². The summed E-state index contributed by atoms with van der Waals surface area (Å²) in [6.07, 6.45) is 3.01. The lowest BCUT2D eigenvalue weighted by atomic mass is 10.1. The monoisotopic (exact) mass is 352 g/mol. The number of para-hydroxylation sites is 1. The highest BCUT2D eigenvalue weighted by molar-refractivity contribution is 9.10. The Morgan fingerprint density at radius 3 is 2.90 bits per heavy atom. The molecule has 4 nitrogen and oxygen atoms in total. The van der Waals surface area contributed by atoms with Crippen LogP contribution in [0.2, 0.25) is 0 Å². The fourth-order valence-electron chi connectivity index (χ4n) is 3.18. The van der Waals surface area contributed by atoms with Crippen molar-refractivity contribution in [3.05, 3.63) is 28.7 Å². The van der Waals surface area contributed by atoms with Crippen molar-refractivity contribution >= 4 is 21.8 Å². The summed E-state index contributed by atoms with van der Waals surface area (Å²) in [5.74, 6) is 0.799. The van der Waals surface area contributed by atoms with Crippen LogP contribution in [0.4, 0.5) is 0 Å². The number of nitrogens with one attached hydrogen (secondary N) is 1. The molecule has 1 amide bonds. The number of hydrogen-bond acceptors (Lipinski definition) is 3. The first kappa shape index (κ1) is 14.9. The number of nitrogens with zero attached hydrogens (tertiary/aromatic N) is 1. The molecular formula is C16H21BrN2O2. The molecule has 3 unspecified atom stereocenters. The van der Waals surface area contributed by atoms with Crippen molar-refractivity contribution in [1.82, 2.24) is 10.2 Å². The zero-order valence-corrected chi connectivity index (χ0v) is 13.8. The molecule has 0 radical (unpaired) electrons. The summed E-state index contributed by atoms with van der Waals surface area (Å²) in [6, 6.07) is 8.68. The van der Waals surface area contributed by atoms with Gasteiger partial charge in [-0.05, 0) is 54.2 Å². The highest BCUT2D eigenvalue weighted by atomic mass is 79.9. The Labute approximate surface area is 134 Å². The Balaban J connectivity index is 1.63. The molecule has 3 rings (SSSR count). The van der Waals surface area contributed by atoms with Crippen molar-refractivity contribution in [3.8, 4) is 5.75 Å². The first-order chi connectivity index (χ1) is 10.1. The standard InChI is InChI=1S/C16H21BrN2O2/c1-11(21-15-5-3-2-4-14(15)17)16(20)19-9-8-12-6-7-13(10-19)18-12/h2-5,11-13,18H,6-10H2,1H3. The minimum atomic E-state index is -0.458. The van der Waals surface area contributed by atoms with Gasteiger partial charge in [-0.25, -0.2) is 0 Å². The highest BCUT2D eigenvalue weighted by Crippen LogP contribution is 2.26. The molecule has 1 aromatic rings. The number of carbonyl (C=O) groups excluding carboxylic acids is 1. The van der Waals surface area contributed by atoms with Gasteiger partial charge in [0.25, 0.3) is 5.91 Å². The van der Waals surface area contributed by atoms with Crippen molar-refractivity contribution in [2.24, 2.45) is 0 Å². The van der Waals surface area contributed by atoms with Crippen molar-refractivity contribution < 1.29 is 9.53 Å². The van der Waals surface area contributed by atoms with Crippen LogP contribution in [-0.2, 0) is 4.79 Å². The first-order valence-electron chi connectivity index (χ1n) is 7.59. The third-order valence-corrected chi connectivity index (χ3v) is 4.98. The van der Waals surface area contributed by atoms with E-state index in [-0.39, 0.29) is 5.91 Å². The van der Waals surface area contributed by atoms with Crippen molar-refractivity contribution in [3.63, 3.8) is 0 Å². The molecule has 0 spiro atoms. The second-order valence-corrected chi connectivity index (χ2v) is 6.76. The second kappa shape index (κ2) is 6.36. The van der Waals surface area contributed by atoms with Crippen LogP contribution in [0.1, 0.15) is 26.2 Å². The van der Waals surface area contributed by atoms with E-state index < -0.39 is 6.10 Å². The van der Waals surface area contributed by atoms with E-state index >= 15 is 0 Å². The van der Waals surface area contributed by atoms with Gasteiger partial charge in [0.05, 0.1) is 4.47 Å². The lowest BCUT2D eigenvalue weighted by molar-refractivity contribution is -0.138. The van der Waals surface area contributed by atoms with Crippen LogP contribution >= 0.6 is 15.9 Å². The molecule has 0 saturated carbocycles. The van der Waals surface area contributed by atoms with E-state index in [0.29, 0.717) is 17.8 Å². The Bertz CT molecular complexity index is 523. The predicted molar refractivity (Wildman–Crippen MR) is 85.4 cm³/mol. The minimum Gasteiger partial charge on any atom is -0.480 e. The van der Waals surface area contributed by atoms with Gasteiger partial charge in [-0.15, -0.1) is 0 Å². The van der Waals surface area contributed by atoms with Gasteiger partial charge >= 0.3 is 0 Å². The number of likely N-dealkylation sites (tertiary alicyclic amines) is 1. The van der Waals surface area contributed by atoms with E-state index in [9.17, 15) is 4.79 Å². The van der Waals surface area contributed by atoms with Crippen molar-refractivity contribution in [2.75, 3.05) is 13.1 Å². The molecule has 2 heterocycles. The zero-order chi connectivity index (χ0) is 14.8. The molecule has 3 atom stereocenters. The average molecular weight is 353 g/mol. The van der Waals surface area contributed by atoms with Crippen LogP contribution in [0, 0.1) is 0 Å². The van der Waals surface area contributed by atoms with Crippen LogP contribution in [-0.4, -0.2) is 42.1 Å². The van der Waals surface area contributed by atoms with Crippen LogP contribution in [0.3, 0.4) is 0 Å². The number of halogens is 1. The molecule has 0 aliphatic carbocycles. The lowest BCUT2D eigenvalue weighted by Gasteiger charge is -2.27. The number of fused-ring (bicyclic) bond motifs is 2. The predicted octanol–water partition coefficient (Wildman–Crippen LogP) is 2.57. The first-order valence-corrected chi connectivity index (χ1v) is 8.39. The molecule has 21 heavy (non-hydrogen) atoms. The van der Waals surface area contributed by atoms with Crippen LogP contribution in [0.25, 0.3) is 0 Å². The number of hydrogen-bond donors (Lipinski definition) is 1. The Morgan fingerprint density at radius 2 is 2.10 bits per heavy atom. The summed E-state index contributed by atoms with van der Waals surface area (Å²) >= 11 is 3.45. The summed E-state index contributed by atoms with van der Waals surface area (Å²) in [6.45, 7) is 3.47. The van der Waals surface area contributed by atoms with Gasteiger partial charge < -0.3 is 15.0 Å². The zero-order valence-electron chi connectivity index (χ0n) is 12.2. The van der Waals surface area contributed by atoms with Gasteiger partial charge in [0, 0.05) is 25.2 Å². The normalized spacial score (nSPS) is 26.3. The molecule has 2 aliphatic heterocycles. The van der Waals surface area contributed by atoms with E-state index in [1.807, 2.05) is 36.1 Å². The molecule has 0 aromatic heterocycles. The van der Waals surface area contributed by atoms with Crippen molar-refractivity contribution in [2.45, 2.75) is 44.4 Å². The molecule has 5 heteroatoms. The summed E-state index contributed by atoms with van der Waals surface area (Å²) in [5, 5.41) is 3.59. The van der Waals surface area contributed by atoms with E-state index in [4.69, 9.17) is 4.74 Å². The summed E-state index contributed by atoms with van der Waals surface area (Å²) in [5.41, 5.74) is 0. The second-order valence-electron chi connectivity index (χ2n) is 5.90. The summed E-state index contributed by atoms with van der Waals surface area (Å²) in [4.78, 5) is 14.6. The molecule has 114 valence electrons. The lowest BCUT2D eigenvalue weighted by Crippen LogP contribution is -2.44. The average Bonchev–Trinajstić information content (AvgIpc) is 2.80. The quantitative estimate of drug-likeness (QED) is 0.908. The minimum absolute atomic E-state index is 0.0834. The number of benzene rings is 1. The van der Waals surface area contributed by atoms with Crippen molar-refractivity contribution in [1.29, 1.82) is 0 Å². The highest BCUT2D eigenvalue weighted by Gasteiger charge is 2.33. The van der Waals surface area contributed by atoms with Gasteiger partial charge in [-0.1, -0.05) is 12.1 Å². The number of carbonyl (C=O) groups is 1. The third kappa shape index (κ3) is 3.40. The van der Waals surface area contributed by atoms with Gasteiger partial charge in [0.2, 0.25) is 0 Å². The Hall–Kier alpha value is -1.07. The van der Waals surface area contributed by atoms with Crippen LogP contribution in [0.5, 0.6) is 5.75 Å². The topological polar surface area (TPSA) is 41.6 Å². The van der Waals surface area contributed by atoms with Gasteiger partial charge in [-0.3, -0.25) is 4.79 Å². The molecule has 2 bridgehead atoms. The van der Waals surface area contributed by atoms with Gasteiger partial charge in [0.1, 0.15) is 5.75 Å². The molecule has 2 fully saturated rings. The van der Waals surface area contributed by atoms with Crippen LogP contribution < -0.4 is 10.1 Å². The maximum atomic E-state index is 12.6. The Morgan fingerprint density at radius 1 is 1.33 bits per heavy atom. The van der Waals surface area contributed by atoms with Gasteiger partial charge in [-0.2, -0.15) is 0 Å². The number of rotatable bonds is 3. The van der Waals surface area contributed by atoms with Gasteiger partial charge in [0.15, 0.2) is 6.10 Å². The van der Waals surface area contributed by atoms with E-state index in [2.05, 4.69) is 21.2 Å². The Kier molecular flexibility index (Phi) is 4.50. The molecule has 1 aromatic carbocycles. The van der Waals surface area contributed by atoms with Crippen LogP contribution in [0.15, 0.2) is 28.7 Å². The summed E-state index contributed by atoms with van der Waals surface area (Å²) < 4.78 is 6.70. The largest absolute Gasteiger partial charge is 0.480 e. The maximum absolute atomic E-state index is 12.6. The number of amides is 1. The number of ether oxygens (including phenoxy) is 1. The summed E-state index contributed by atoms with van der Waals surface area (Å²) in [7, 11) is 0. The third-order valence-electron chi connectivity index (χ3n) is 4.32. The van der Waals surface area contributed by atoms with E-state index in [1.54, 1.807) is 0 Å². The molecule has 2 aliphatic rings. The molecule has 2 saturated heterocycles. The maximum Gasteiger partial charge on any atom is 0.263 e. The van der Waals surface area contributed by atoms with E-state index in [0.717, 1.165) is 24.0 Å². The molecule has 1 N–H and O–H groups in total. The fraction of sp³-hybridized carbons (Fsp3) is 0.562. The smallest absolute Gasteiger partial charge is 0.263 e.